The van der Waals surface area contributed by atoms with Crippen LogP contribution in [0.5, 0.6) is 0 Å². The summed E-state index contributed by atoms with van der Waals surface area (Å²) in [6.45, 7) is 3.52. The Kier molecular flexibility index (Phi) is 3.37. The van der Waals surface area contributed by atoms with Crippen LogP contribution in [0.1, 0.15) is 21.7 Å². The molecule has 0 N–H and O–H groups in total. The van der Waals surface area contributed by atoms with E-state index in [1.165, 1.54) is 23.0 Å². The van der Waals surface area contributed by atoms with E-state index in [2.05, 4.69) is 15.4 Å². The maximum atomic E-state index is 13.5. The average Bonchev–Trinajstić information content (AvgIpc) is 3.22. The van der Waals surface area contributed by atoms with Crippen molar-refractivity contribution in [1.82, 2.24) is 29.7 Å². The average molecular weight is 326 g/mol. The number of carbonyl (C=O) groups is 1. The summed E-state index contributed by atoms with van der Waals surface area (Å²) in [6, 6.07) is 6.47. The van der Waals surface area contributed by atoms with Crippen LogP contribution in [-0.2, 0) is 13.1 Å². The van der Waals surface area contributed by atoms with Gasteiger partial charge in [-0.3, -0.25) is 9.48 Å². The van der Waals surface area contributed by atoms with Crippen molar-refractivity contribution in [3.63, 3.8) is 0 Å². The lowest BCUT2D eigenvalue weighted by Crippen LogP contribution is -2.38. The van der Waals surface area contributed by atoms with Crippen LogP contribution in [0, 0.1) is 12.7 Å². The quantitative estimate of drug-likeness (QED) is 0.717. The van der Waals surface area contributed by atoms with Crippen molar-refractivity contribution in [2.24, 2.45) is 0 Å². The molecule has 1 aliphatic rings. The van der Waals surface area contributed by atoms with Gasteiger partial charge in [-0.25, -0.2) is 9.07 Å². The molecule has 0 unspecified atom stereocenters. The van der Waals surface area contributed by atoms with Gasteiger partial charge in [0.25, 0.3) is 5.91 Å². The normalized spacial score (nSPS) is 13.8. The molecule has 1 aromatic carbocycles. The Hall–Kier alpha value is -3.03. The van der Waals surface area contributed by atoms with Gasteiger partial charge in [0.2, 0.25) is 0 Å². The highest BCUT2D eigenvalue weighted by Gasteiger charge is 2.24. The van der Waals surface area contributed by atoms with Crippen LogP contribution in [0.15, 0.2) is 36.7 Å². The molecule has 0 saturated carbocycles. The third-order valence-corrected chi connectivity index (χ3v) is 4.03. The van der Waals surface area contributed by atoms with Crippen molar-refractivity contribution >= 4 is 5.91 Å². The zero-order chi connectivity index (χ0) is 16.7. The molecule has 2 aromatic heterocycles. The SMILES string of the molecule is Cc1cc(F)cc(-n2cc(C(=O)N3CCn4nccc4C3)nn2)c1. The number of halogens is 1. The molecule has 0 atom stereocenters. The van der Waals surface area contributed by atoms with Crippen molar-refractivity contribution in [3.05, 3.63) is 59.4 Å². The highest BCUT2D eigenvalue weighted by atomic mass is 19.1. The number of fused-ring (bicyclic) bond motifs is 1. The van der Waals surface area contributed by atoms with E-state index in [0.29, 0.717) is 25.3 Å². The monoisotopic (exact) mass is 326 g/mol. The Balaban J connectivity index is 1.57. The van der Waals surface area contributed by atoms with Crippen molar-refractivity contribution in [2.75, 3.05) is 6.54 Å². The van der Waals surface area contributed by atoms with Gasteiger partial charge in [-0.2, -0.15) is 5.10 Å². The topological polar surface area (TPSA) is 68.8 Å². The summed E-state index contributed by atoms with van der Waals surface area (Å²) in [6.07, 6.45) is 3.26. The lowest BCUT2D eigenvalue weighted by atomic mass is 10.2. The van der Waals surface area contributed by atoms with Crippen LogP contribution in [0.3, 0.4) is 0 Å². The number of hydrogen-bond donors (Lipinski definition) is 0. The van der Waals surface area contributed by atoms with Gasteiger partial charge >= 0.3 is 0 Å². The maximum Gasteiger partial charge on any atom is 0.276 e. The minimum Gasteiger partial charge on any atom is -0.329 e. The number of nitrogens with zero attached hydrogens (tertiary/aromatic N) is 6. The van der Waals surface area contributed by atoms with Gasteiger partial charge in [0.1, 0.15) is 5.82 Å². The third kappa shape index (κ3) is 2.55. The van der Waals surface area contributed by atoms with Gasteiger partial charge in [-0.05, 0) is 36.8 Å². The van der Waals surface area contributed by atoms with Gasteiger partial charge in [0.15, 0.2) is 5.69 Å². The van der Waals surface area contributed by atoms with Crippen molar-refractivity contribution in [3.8, 4) is 5.69 Å². The van der Waals surface area contributed by atoms with Gasteiger partial charge < -0.3 is 4.90 Å². The van der Waals surface area contributed by atoms with Gasteiger partial charge in [0, 0.05) is 12.7 Å². The van der Waals surface area contributed by atoms with E-state index >= 15 is 0 Å². The minimum absolute atomic E-state index is 0.193. The highest BCUT2D eigenvalue weighted by molar-refractivity contribution is 5.92. The Labute approximate surface area is 137 Å². The Morgan fingerprint density at radius 3 is 2.96 bits per heavy atom. The van der Waals surface area contributed by atoms with Gasteiger partial charge in [0.05, 0.1) is 30.7 Å². The molecule has 0 spiro atoms. The fourth-order valence-electron chi connectivity index (χ4n) is 2.86. The fraction of sp³-hybridized carbons (Fsp3) is 0.250. The first-order valence-electron chi connectivity index (χ1n) is 7.60. The van der Waals surface area contributed by atoms with Gasteiger partial charge in [-0.15, -0.1) is 5.10 Å². The Morgan fingerprint density at radius 1 is 1.25 bits per heavy atom. The molecular formula is C16H15FN6O. The molecule has 24 heavy (non-hydrogen) atoms. The molecule has 0 bridgehead atoms. The first-order valence-corrected chi connectivity index (χ1v) is 7.60. The Bertz CT molecular complexity index is 895. The van der Waals surface area contributed by atoms with E-state index in [-0.39, 0.29) is 17.4 Å². The molecule has 8 heteroatoms. The van der Waals surface area contributed by atoms with Crippen LogP contribution in [0.2, 0.25) is 0 Å². The predicted molar refractivity (Wildman–Crippen MR) is 83.0 cm³/mol. The number of benzene rings is 1. The zero-order valence-corrected chi connectivity index (χ0v) is 13.1. The standard InChI is InChI=1S/C16H15FN6O/c1-11-6-12(17)8-14(7-11)23-10-15(19-20-23)16(24)21-4-5-22-13(9-21)2-3-18-22/h2-3,6-8,10H,4-5,9H2,1H3. The third-order valence-electron chi connectivity index (χ3n) is 4.03. The molecule has 0 saturated heterocycles. The van der Waals surface area contributed by atoms with Crippen molar-refractivity contribution in [1.29, 1.82) is 0 Å². The van der Waals surface area contributed by atoms with Crippen LogP contribution in [0.4, 0.5) is 4.39 Å². The second-order valence-corrected chi connectivity index (χ2v) is 5.81. The number of amides is 1. The Morgan fingerprint density at radius 2 is 2.12 bits per heavy atom. The summed E-state index contributed by atoms with van der Waals surface area (Å²) in [7, 11) is 0. The lowest BCUT2D eigenvalue weighted by Gasteiger charge is -2.26. The first-order chi connectivity index (χ1) is 11.6. The molecule has 3 aromatic rings. The summed E-state index contributed by atoms with van der Waals surface area (Å²) in [4.78, 5) is 14.3. The van der Waals surface area contributed by atoms with E-state index in [0.717, 1.165) is 11.3 Å². The zero-order valence-electron chi connectivity index (χ0n) is 13.1. The molecule has 3 heterocycles. The maximum absolute atomic E-state index is 13.5. The molecular weight excluding hydrogens is 311 g/mol. The summed E-state index contributed by atoms with van der Waals surface area (Å²) in [5, 5.41) is 12.1. The molecule has 1 amide bonds. The van der Waals surface area contributed by atoms with Crippen LogP contribution < -0.4 is 0 Å². The first kappa shape index (κ1) is 14.6. The van der Waals surface area contributed by atoms with Crippen LogP contribution in [0.25, 0.3) is 5.69 Å². The van der Waals surface area contributed by atoms with Crippen LogP contribution >= 0.6 is 0 Å². The second-order valence-electron chi connectivity index (χ2n) is 5.81. The van der Waals surface area contributed by atoms with Crippen LogP contribution in [-0.4, -0.2) is 42.1 Å². The minimum atomic E-state index is -0.349. The van der Waals surface area contributed by atoms with E-state index in [1.807, 2.05) is 10.7 Å². The number of carbonyl (C=O) groups excluding carboxylic acids is 1. The van der Waals surface area contributed by atoms with E-state index in [9.17, 15) is 9.18 Å². The summed E-state index contributed by atoms with van der Waals surface area (Å²) >= 11 is 0. The largest absolute Gasteiger partial charge is 0.329 e. The number of aryl methyl sites for hydroxylation is 1. The molecule has 122 valence electrons. The molecule has 4 rings (SSSR count). The van der Waals surface area contributed by atoms with E-state index in [1.54, 1.807) is 24.1 Å². The van der Waals surface area contributed by atoms with E-state index in [4.69, 9.17) is 0 Å². The number of rotatable bonds is 2. The molecule has 0 fully saturated rings. The number of aromatic nitrogens is 5. The smallest absolute Gasteiger partial charge is 0.276 e. The molecule has 0 radical (unpaired) electrons. The summed E-state index contributed by atoms with van der Waals surface area (Å²) < 4.78 is 16.8. The highest BCUT2D eigenvalue weighted by Crippen LogP contribution is 2.16. The van der Waals surface area contributed by atoms with E-state index < -0.39 is 0 Å². The summed E-state index contributed by atoms with van der Waals surface area (Å²) in [5.74, 6) is -0.542. The molecule has 0 aliphatic carbocycles. The molecule has 7 nitrogen and oxygen atoms in total. The lowest BCUT2D eigenvalue weighted by molar-refractivity contribution is 0.0700. The van der Waals surface area contributed by atoms with Crippen molar-refractivity contribution in [2.45, 2.75) is 20.0 Å². The fourth-order valence-corrected chi connectivity index (χ4v) is 2.86. The predicted octanol–water partition coefficient (Wildman–Crippen LogP) is 1.57. The second kappa shape index (κ2) is 5.55. The van der Waals surface area contributed by atoms with Crippen molar-refractivity contribution < 1.29 is 9.18 Å². The summed E-state index contributed by atoms with van der Waals surface area (Å²) in [5.41, 5.74) is 2.54. The molecule has 1 aliphatic heterocycles. The number of hydrogen-bond acceptors (Lipinski definition) is 4. The van der Waals surface area contributed by atoms with Gasteiger partial charge in [-0.1, -0.05) is 5.21 Å².